The van der Waals surface area contributed by atoms with Gasteiger partial charge in [-0.25, -0.2) is 4.99 Å². The number of hydrogen-bond donors (Lipinski definition) is 0. The summed E-state index contributed by atoms with van der Waals surface area (Å²) in [5.41, 5.74) is 0. The van der Waals surface area contributed by atoms with Crippen LogP contribution in [0.1, 0.15) is 0 Å². The average Bonchev–Trinajstić information content (AvgIpc) is 2.32. The van der Waals surface area contributed by atoms with Crippen molar-refractivity contribution in [1.82, 2.24) is 4.90 Å². The van der Waals surface area contributed by atoms with Crippen LogP contribution >= 0.6 is 0 Å². The molecular formula is C6H3F3N3. The predicted molar refractivity (Wildman–Crippen MR) is 32.8 cm³/mol. The molecule has 1 atom stereocenters. The van der Waals surface area contributed by atoms with Crippen molar-refractivity contribution in [2.45, 2.75) is 12.2 Å². The lowest BCUT2D eigenvalue weighted by atomic mass is 10.3. The lowest BCUT2D eigenvalue weighted by Crippen LogP contribution is -2.30. The van der Waals surface area contributed by atoms with E-state index in [-0.39, 0.29) is 0 Å². The molecular weight excluding hydrogens is 171 g/mol. The van der Waals surface area contributed by atoms with Crippen LogP contribution in [0, 0.1) is 17.9 Å². The van der Waals surface area contributed by atoms with Gasteiger partial charge in [-0.15, -0.1) is 0 Å². The van der Waals surface area contributed by atoms with Crippen LogP contribution in [0.4, 0.5) is 13.2 Å². The Kier molecular flexibility index (Phi) is 2.22. The zero-order valence-corrected chi connectivity index (χ0v) is 5.76. The van der Waals surface area contributed by atoms with Crippen LogP contribution in [0.15, 0.2) is 4.99 Å². The van der Waals surface area contributed by atoms with Gasteiger partial charge in [-0.3, -0.25) is 0 Å². The van der Waals surface area contributed by atoms with E-state index in [9.17, 15) is 13.2 Å². The molecule has 0 aromatic carbocycles. The molecule has 0 fully saturated rings. The second-order valence-corrected chi connectivity index (χ2v) is 2.09. The van der Waals surface area contributed by atoms with Gasteiger partial charge in [-0.2, -0.15) is 18.4 Å². The van der Waals surface area contributed by atoms with Gasteiger partial charge in [0.2, 0.25) is 0 Å². The molecule has 0 aromatic heterocycles. The SMILES string of the molecule is N#CC1[C]N(CC(F)(F)F)[C]=N1. The van der Waals surface area contributed by atoms with Crippen LogP contribution in [0.5, 0.6) is 0 Å². The smallest absolute Gasteiger partial charge is 0.331 e. The van der Waals surface area contributed by atoms with Crippen molar-refractivity contribution in [3.05, 3.63) is 6.54 Å². The molecule has 0 spiro atoms. The summed E-state index contributed by atoms with van der Waals surface area (Å²) in [6.45, 7) is 0.972. The Labute approximate surface area is 67.1 Å². The van der Waals surface area contributed by atoms with E-state index in [1.54, 1.807) is 6.07 Å². The number of alkyl halides is 3. The van der Waals surface area contributed by atoms with Crippen molar-refractivity contribution >= 4 is 6.34 Å². The number of halogens is 3. The maximum atomic E-state index is 11.7. The number of hydrogen-bond acceptors (Lipinski definition) is 3. The molecule has 0 bridgehead atoms. The van der Waals surface area contributed by atoms with E-state index in [1.165, 1.54) is 0 Å². The number of aliphatic imine (C=N–C) groups is 1. The average molecular weight is 174 g/mol. The van der Waals surface area contributed by atoms with Crippen LogP contribution in [-0.2, 0) is 0 Å². The molecule has 1 heterocycles. The minimum absolute atomic E-state index is 0.605. The Balaban J connectivity index is 2.41. The molecule has 6 heteroatoms. The molecule has 1 rings (SSSR count). The predicted octanol–water partition coefficient (Wildman–Crippen LogP) is 0.701. The van der Waals surface area contributed by atoms with Crippen molar-refractivity contribution in [1.29, 1.82) is 5.26 Å². The van der Waals surface area contributed by atoms with E-state index in [0.717, 1.165) is 0 Å². The minimum atomic E-state index is -4.32. The standard InChI is InChI=1S/C6H3F3N3/c7-6(8,9)3-12-2-5(1-10)11-4-12/h5H,3H2. The first kappa shape index (κ1) is 8.84. The monoisotopic (exact) mass is 174 g/mol. The van der Waals surface area contributed by atoms with Crippen molar-refractivity contribution in [3.63, 3.8) is 0 Å². The molecule has 63 valence electrons. The molecule has 1 aliphatic heterocycles. The topological polar surface area (TPSA) is 39.4 Å². The van der Waals surface area contributed by atoms with Gasteiger partial charge in [0.05, 0.1) is 6.07 Å². The summed E-state index contributed by atoms with van der Waals surface area (Å²) in [6, 6.07) is 0.679. The lowest BCUT2D eigenvalue weighted by Gasteiger charge is -2.13. The van der Waals surface area contributed by atoms with Crippen molar-refractivity contribution in [2.75, 3.05) is 6.54 Å². The third-order valence-corrected chi connectivity index (χ3v) is 1.05. The molecule has 1 aliphatic rings. The van der Waals surface area contributed by atoms with E-state index < -0.39 is 18.8 Å². The first-order chi connectivity index (χ1) is 5.51. The van der Waals surface area contributed by atoms with Crippen LogP contribution in [0.25, 0.3) is 0 Å². The summed E-state index contributed by atoms with van der Waals surface area (Å²) in [6.07, 6.45) is -2.30. The molecule has 1 unspecified atom stereocenters. The van der Waals surface area contributed by atoms with Crippen molar-refractivity contribution < 1.29 is 13.2 Å². The molecule has 3 nitrogen and oxygen atoms in total. The second-order valence-electron chi connectivity index (χ2n) is 2.09. The van der Waals surface area contributed by atoms with E-state index in [0.29, 0.717) is 4.90 Å². The van der Waals surface area contributed by atoms with E-state index in [1.807, 2.05) is 6.34 Å². The molecule has 3 radical (unpaired) electrons. The number of rotatable bonds is 1. The number of nitriles is 1. The summed E-state index contributed by atoms with van der Waals surface area (Å²) >= 11 is 0. The Morgan fingerprint density at radius 1 is 1.58 bits per heavy atom. The fourth-order valence-corrected chi connectivity index (χ4v) is 0.651. The maximum absolute atomic E-state index is 11.7. The van der Waals surface area contributed by atoms with E-state index >= 15 is 0 Å². The summed E-state index contributed by atoms with van der Waals surface area (Å²) < 4.78 is 35.1. The Hall–Kier alpha value is -1.25. The van der Waals surface area contributed by atoms with Crippen LogP contribution in [-0.4, -0.2) is 30.0 Å². The van der Waals surface area contributed by atoms with Crippen molar-refractivity contribution in [2.24, 2.45) is 4.99 Å². The quantitative estimate of drug-likeness (QED) is 0.587. The van der Waals surface area contributed by atoms with Gasteiger partial charge in [0.1, 0.15) is 13.1 Å². The molecule has 12 heavy (non-hydrogen) atoms. The zero-order chi connectivity index (χ0) is 9.19. The highest BCUT2D eigenvalue weighted by Gasteiger charge is 2.33. The van der Waals surface area contributed by atoms with Gasteiger partial charge in [-0.1, -0.05) is 0 Å². The maximum Gasteiger partial charge on any atom is 0.406 e. The van der Waals surface area contributed by atoms with Gasteiger partial charge < -0.3 is 4.90 Å². The Morgan fingerprint density at radius 3 is 2.67 bits per heavy atom. The highest BCUT2D eigenvalue weighted by molar-refractivity contribution is 5.60. The zero-order valence-electron chi connectivity index (χ0n) is 5.76. The lowest BCUT2D eigenvalue weighted by molar-refractivity contribution is -0.134. The largest absolute Gasteiger partial charge is 0.406 e. The summed E-state index contributed by atoms with van der Waals surface area (Å²) in [7, 11) is 0. The van der Waals surface area contributed by atoms with E-state index in [2.05, 4.69) is 11.5 Å². The number of nitrogens with zero attached hydrogens (tertiary/aromatic N) is 3. The molecule has 0 amide bonds. The highest BCUT2D eigenvalue weighted by Crippen LogP contribution is 2.19. The fourth-order valence-electron chi connectivity index (χ4n) is 0.651. The Bertz CT molecular complexity index is 227. The normalized spacial score (nSPS) is 22.8. The summed E-state index contributed by atoms with van der Waals surface area (Å²) in [5, 5.41) is 8.23. The van der Waals surface area contributed by atoms with Gasteiger partial charge >= 0.3 is 6.18 Å². The fraction of sp³-hybridized carbons (Fsp3) is 0.500. The Morgan fingerprint density at radius 2 is 2.25 bits per heavy atom. The third-order valence-electron chi connectivity index (χ3n) is 1.05. The van der Waals surface area contributed by atoms with Gasteiger partial charge in [-0.05, 0) is 0 Å². The van der Waals surface area contributed by atoms with E-state index in [4.69, 9.17) is 5.26 Å². The van der Waals surface area contributed by atoms with Crippen LogP contribution < -0.4 is 0 Å². The van der Waals surface area contributed by atoms with Crippen LogP contribution in [0.2, 0.25) is 0 Å². The first-order valence-electron chi connectivity index (χ1n) is 2.97. The highest BCUT2D eigenvalue weighted by atomic mass is 19.4. The van der Waals surface area contributed by atoms with Crippen molar-refractivity contribution in [3.8, 4) is 6.07 Å². The molecule has 0 N–H and O–H groups in total. The summed E-state index contributed by atoms with van der Waals surface area (Å²) in [4.78, 5) is 3.93. The first-order valence-corrected chi connectivity index (χ1v) is 2.97. The van der Waals surface area contributed by atoms with Gasteiger partial charge in [0.15, 0.2) is 12.4 Å². The molecule has 0 aromatic rings. The minimum Gasteiger partial charge on any atom is -0.331 e. The second kappa shape index (κ2) is 3.01. The van der Waals surface area contributed by atoms with Gasteiger partial charge in [0.25, 0.3) is 0 Å². The third kappa shape index (κ3) is 2.42. The summed E-state index contributed by atoms with van der Waals surface area (Å²) in [5.74, 6) is 0. The van der Waals surface area contributed by atoms with Gasteiger partial charge in [0, 0.05) is 0 Å². The molecule has 0 saturated heterocycles. The molecule has 0 saturated carbocycles. The van der Waals surface area contributed by atoms with Crippen LogP contribution in [0.3, 0.4) is 0 Å². The molecule has 0 aliphatic carbocycles.